The molecule has 2 amide bonds. The summed E-state index contributed by atoms with van der Waals surface area (Å²) in [7, 11) is 0. The zero-order chi connectivity index (χ0) is 22.7. The number of rotatable bonds is 5. The van der Waals surface area contributed by atoms with Crippen LogP contribution in [0.2, 0.25) is 0 Å². The molecule has 32 heavy (non-hydrogen) atoms. The Bertz CT molecular complexity index is 1060. The maximum absolute atomic E-state index is 12.1. The second-order valence-corrected chi connectivity index (χ2v) is 8.43. The topological polar surface area (TPSA) is 151 Å². The van der Waals surface area contributed by atoms with Crippen molar-refractivity contribution in [2.45, 2.75) is 64.2 Å². The summed E-state index contributed by atoms with van der Waals surface area (Å²) in [6, 6.07) is 0. The van der Waals surface area contributed by atoms with Gasteiger partial charge in [0.1, 0.15) is 17.8 Å². The molecule has 2 fully saturated rings. The first-order chi connectivity index (χ1) is 15.5. The van der Waals surface area contributed by atoms with Gasteiger partial charge in [-0.1, -0.05) is 5.92 Å². The molecule has 0 unspecified atom stereocenters. The van der Waals surface area contributed by atoms with Crippen LogP contribution in [-0.2, 0) is 14.3 Å². The summed E-state index contributed by atoms with van der Waals surface area (Å²) in [4.78, 5) is 36.6. The molecule has 2 aromatic rings. The Kier molecular flexibility index (Phi) is 6.55. The van der Waals surface area contributed by atoms with Crippen LogP contribution >= 0.6 is 0 Å². The van der Waals surface area contributed by atoms with E-state index in [-0.39, 0.29) is 29.8 Å². The second kappa shape index (κ2) is 9.53. The summed E-state index contributed by atoms with van der Waals surface area (Å²) < 4.78 is 7.73. The Morgan fingerprint density at radius 3 is 2.72 bits per heavy atom. The Morgan fingerprint density at radius 2 is 2.00 bits per heavy atom. The number of primary amides is 1. The van der Waals surface area contributed by atoms with Crippen molar-refractivity contribution in [2.24, 2.45) is 17.6 Å². The second-order valence-electron chi connectivity index (χ2n) is 8.43. The number of carbonyl (C=O) groups is 2. The van der Waals surface area contributed by atoms with E-state index in [0.717, 1.165) is 25.7 Å². The van der Waals surface area contributed by atoms with E-state index in [0.29, 0.717) is 48.7 Å². The number of imidazole rings is 1. The Morgan fingerprint density at radius 1 is 1.22 bits per heavy atom. The maximum atomic E-state index is 12.1. The van der Waals surface area contributed by atoms with Gasteiger partial charge in [-0.2, -0.15) is 0 Å². The van der Waals surface area contributed by atoms with Gasteiger partial charge in [0.2, 0.25) is 17.6 Å². The molecule has 2 aromatic heterocycles. The summed E-state index contributed by atoms with van der Waals surface area (Å²) in [5, 5.41) is 2.79. The van der Waals surface area contributed by atoms with Gasteiger partial charge in [0.25, 0.3) is 0 Å². The van der Waals surface area contributed by atoms with Crippen LogP contribution in [-0.4, -0.2) is 44.0 Å². The summed E-state index contributed by atoms with van der Waals surface area (Å²) in [6.07, 6.45) is 6.35. The van der Waals surface area contributed by atoms with E-state index in [9.17, 15) is 9.59 Å². The highest BCUT2D eigenvalue weighted by atomic mass is 16.5. The fourth-order valence-electron chi connectivity index (χ4n) is 4.44. The fourth-order valence-corrected chi connectivity index (χ4v) is 4.44. The zero-order valence-electron chi connectivity index (χ0n) is 18.2. The van der Waals surface area contributed by atoms with Gasteiger partial charge in [-0.25, -0.2) is 15.0 Å². The molecule has 3 heterocycles. The molecule has 0 radical (unpaired) electrons. The van der Waals surface area contributed by atoms with Crippen molar-refractivity contribution >= 4 is 28.8 Å². The molecule has 5 N–H and O–H groups in total. The number of nitrogens with two attached hydrogens (primary N) is 2. The van der Waals surface area contributed by atoms with E-state index in [1.54, 1.807) is 10.9 Å². The first kappa shape index (κ1) is 22.0. The Hall–Kier alpha value is -3.19. The normalized spacial score (nSPS) is 25.3. The first-order valence-corrected chi connectivity index (χ1v) is 11.2. The standard InChI is InChI=1S/C22H29N7O3/c1-2-25-22(31)15-10-11-17(32-15)29-12-26-18-19(23)27-16(28-21(18)29)5-3-4-13-6-8-14(9-7-13)20(24)30/h12-15,17H,2,4,6-11H2,1H3,(H2,24,30)(H,25,31)(H2,23,27,28)/t13?,14?,15-,17+/m0/s1. The summed E-state index contributed by atoms with van der Waals surface area (Å²) in [5.74, 6) is 6.92. The average molecular weight is 440 g/mol. The van der Waals surface area contributed by atoms with Gasteiger partial charge in [-0.3, -0.25) is 14.2 Å². The summed E-state index contributed by atoms with van der Waals surface area (Å²) in [6.45, 7) is 2.44. The largest absolute Gasteiger partial charge is 0.382 e. The SMILES string of the molecule is CCNC(=O)[C@@H]1CC[C@H](n2cnc3c(N)nc(C#CCC4CCC(C(N)=O)CC4)nc32)O1. The van der Waals surface area contributed by atoms with Crippen LogP contribution in [0.4, 0.5) is 5.82 Å². The molecular formula is C22H29N7O3. The minimum Gasteiger partial charge on any atom is -0.382 e. The molecule has 170 valence electrons. The van der Waals surface area contributed by atoms with Crippen LogP contribution in [0.25, 0.3) is 11.2 Å². The number of anilines is 1. The molecule has 10 nitrogen and oxygen atoms in total. The van der Waals surface area contributed by atoms with E-state index in [1.807, 2.05) is 6.92 Å². The monoisotopic (exact) mass is 439 g/mol. The van der Waals surface area contributed by atoms with Crippen molar-refractivity contribution in [3.05, 3.63) is 12.2 Å². The smallest absolute Gasteiger partial charge is 0.249 e. The number of nitrogens with zero attached hydrogens (tertiary/aromatic N) is 4. The van der Waals surface area contributed by atoms with Crippen molar-refractivity contribution in [3.8, 4) is 11.8 Å². The van der Waals surface area contributed by atoms with Crippen LogP contribution in [0.15, 0.2) is 6.33 Å². The van der Waals surface area contributed by atoms with Gasteiger partial charge in [0.15, 0.2) is 11.5 Å². The van der Waals surface area contributed by atoms with E-state index in [1.165, 1.54) is 0 Å². The third-order valence-electron chi connectivity index (χ3n) is 6.24. The highest BCUT2D eigenvalue weighted by molar-refractivity contribution is 5.82. The number of fused-ring (bicyclic) bond motifs is 1. The minimum atomic E-state index is -0.486. The number of hydrogen-bond donors (Lipinski definition) is 3. The molecule has 1 saturated carbocycles. The van der Waals surface area contributed by atoms with Crippen LogP contribution in [0.3, 0.4) is 0 Å². The van der Waals surface area contributed by atoms with Gasteiger partial charge in [-0.05, 0) is 57.3 Å². The molecule has 0 bridgehead atoms. The lowest BCUT2D eigenvalue weighted by molar-refractivity contribution is -0.133. The highest BCUT2D eigenvalue weighted by Gasteiger charge is 2.32. The lowest BCUT2D eigenvalue weighted by atomic mass is 9.80. The number of nitrogen functional groups attached to an aromatic ring is 1. The first-order valence-electron chi connectivity index (χ1n) is 11.2. The van der Waals surface area contributed by atoms with Gasteiger partial charge in [-0.15, -0.1) is 0 Å². The van der Waals surface area contributed by atoms with Crippen molar-refractivity contribution in [3.63, 3.8) is 0 Å². The van der Waals surface area contributed by atoms with Gasteiger partial charge < -0.3 is 21.5 Å². The molecule has 10 heteroatoms. The highest BCUT2D eigenvalue weighted by Crippen LogP contribution is 2.32. The molecule has 2 atom stereocenters. The number of carbonyl (C=O) groups excluding carboxylic acids is 2. The molecule has 2 aliphatic rings. The number of nitrogens with one attached hydrogen (secondary N) is 1. The maximum Gasteiger partial charge on any atom is 0.249 e. The quantitative estimate of drug-likeness (QED) is 0.593. The number of likely N-dealkylation sites (N-methyl/N-ethyl adjacent to an activating group) is 1. The molecule has 1 saturated heterocycles. The van der Waals surface area contributed by atoms with Crippen LogP contribution in [0.5, 0.6) is 0 Å². The van der Waals surface area contributed by atoms with Gasteiger partial charge >= 0.3 is 0 Å². The molecule has 0 spiro atoms. The van der Waals surface area contributed by atoms with Crippen LogP contribution in [0, 0.1) is 23.7 Å². The predicted octanol–water partition coefficient (Wildman–Crippen LogP) is 1.26. The Labute approximate surface area is 186 Å². The van der Waals surface area contributed by atoms with E-state index < -0.39 is 6.10 Å². The number of aromatic nitrogens is 4. The number of amides is 2. The van der Waals surface area contributed by atoms with Gasteiger partial charge in [0.05, 0.1) is 6.33 Å². The van der Waals surface area contributed by atoms with Crippen molar-refractivity contribution in [1.29, 1.82) is 0 Å². The van der Waals surface area contributed by atoms with E-state index in [4.69, 9.17) is 16.2 Å². The molecule has 1 aliphatic carbocycles. The Balaban J connectivity index is 1.46. The summed E-state index contributed by atoms with van der Waals surface area (Å²) >= 11 is 0. The molecule has 4 rings (SSSR count). The predicted molar refractivity (Wildman–Crippen MR) is 118 cm³/mol. The van der Waals surface area contributed by atoms with E-state index >= 15 is 0 Å². The van der Waals surface area contributed by atoms with Crippen LogP contribution < -0.4 is 16.8 Å². The van der Waals surface area contributed by atoms with Crippen molar-refractivity contribution in [1.82, 2.24) is 24.8 Å². The minimum absolute atomic E-state index is 0.00418. The fraction of sp³-hybridized carbons (Fsp3) is 0.591. The number of hydrogen-bond acceptors (Lipinski definition) is 7. The third-order valence-corrected chi connectivity index (χ3v) is 6.24. The number of ether oxygens (including phenoxy) is 1. The average Bonchev–Trinajstić information content (AvgIpc) is 3.42. The van der Waals surface area contributed by atoms with Crippen molar-refractivity contribution < 1.29 is 14.3 Å². The molecular weight excluding hydrogens is 410 g/mol. The molecule has 0 aromatic carbocycles. The lowest BCUT2D eigenvalue weighted by Gasteiger charge is -2.25. The zero-order valence-corrected chi connectivity index (χ0v) is 18.2. The lowest BCUT2D eigenvalue weighted by Crippen LogP contribution is -2.34. The van der Waals surface area contributed by atoms with Crippen LogP contribution in [0.1, 0.15) is 63.9 Å². The van der Waals surface area contributed by atoms with Gasteiger partial charge in [0, 0.05) is 18.9 Å². The van der Waals surface area contributed by atoms with E-state index in [2.05, 4.69) is 32.1 Å². The third kappa shape index (κ3) is 4.67. The summed E-state index contributed by atoms with van der Waals surface area (Å²) in [5.41, 5.74) is 12.5. The van der Waals surface area contributed by atoms with Crippen molar-refractivity contribution in [2.75, 3.05) is 12.3 Å². The molecule has 1 aliphatic heterocycles.